The highest BCUT2D eigenvalue weighted by Crippen LogP contribution is 2.25. The Labute approximate surface area is 183 Å². The summed E-state index contributed by atoms with van der Waals surface area (Å²) in [5, 5.41) is 12.7. The quantitative estimate of drug-likeness (QED) is 0.608. The summed E-state index contributed by atoms with van der Waals surface area (Å²) in [6.45, 7) is 2.24. The van der Waals surface area contributed by atoms with E-state index in [0.29, 0.717) is 12.4 Å². The number of carbonyl (C=O) groups is 1. The minimum absolute atomic E-state index is 0.0548. The molecular weight excluding hydrogens is 400 g/mol. The van der Waals surface area contributed by atoms with Gasteiger partial charge in [0.15, 0.2) is 11.0 Å². The van der Waals surface area contributed by atoms with Crippen molar-refractivity contribution in [2.45, 2.75) is 37.0 Å². The second-order valence-corrected chi connectivity index (χ2v) is 8.86. The number of benzene rings is 1. The van der Waals surface area contributed by atoms with Crippen molar-refractivity contribution in [1.82, 2.24) is 29.9 Å². The molecule has 2 heterocycles. The van der Waals surface area contributed by atoms with Crippen molar-refractivity contribution < 1.29 is 9.53 Å². The van der Waals surface area contributed by atoms with E-state index < -0.39 is 0 Å². The van der Waals surface area contributed by atoms with Gasteiger partial charge in [0.25, 0.3) is 0 Å². The van der Waals surface area contributed by atoms with Gasteiger partial charge in [-0.1, -0.05) is 24.2 Å². The largest absolute Gasteiger partial charge is 0.497 e. The lowest BCUT2D eigenvalue weighted by Crippen LogP contribution is -2.47. The maximum Gasteiger partial charge on any atom is 0.237 e. The maximum absolute atomic E-state index is 12.7. The summed E-state index contributed by atoms with van der Waals surface area (Å²) in [4.78, 5) is 17.0. The number of rotatable bonds is 9. The summed E-state index contributed by atoms with van der Waals surface area (Å²) in [6.07, 6.45) is 3.14. The van der Waals surface area contributed by atoms with E-state index in [0.717, 1.165) is 54.7 Å². The predicted octanol–water partition coefficient (Wildman–Crippen LogP) is 2.03. The van der Waals surface area contributed by atoms with Crippen molar-refractivity contribution >= 4 is 17.7 Å². The van der Waals surface area contributed by atoms with E-state index in [1.165, 1.54) is 0 Å². The average molecular weight is 433 g/mol. The number of nitrogens with one attached hydrogen (secondary N) is 1. The molecule has 9 heteroatoms. The lowest BCUT2D eigenvalue weighted by molar-refractivity contribution is -0.127. The molecule has 1 saturated heterocycles. The Morgan fingerprint density at radius 3 is 2.90 bits per heavy atom. The molecule has 1 fully saturated rings. The van der Waals surface area contributed by atoms with Crippen LogP contribution in [0.25, 0.3) is 5.69 Å². The van der Waals surface area contributed by atoms with Crippen molar-refractivity contribution in [1.29, 1.82) is 0 Å². The monoisotopic (exact) mass is 432 g/mol. The second kappa shape index (κ2) is 10.8. The standard InChI is InChI=1S/C21H32N6O2S/c1-25(2)12-13-30-21-24-23-19(27(21)16-8-7-9-17(14-16)29-4)15-22-20(28)18-10-5-6-11-26(18)3/h7-9,14,18H,5-6,10-13,15H2,1-4H3,(H,22,28)/t18-/m0/s1. The van der Waals surface area contributed by atoms with E-state index in [1.807, 2.05) is 35.9 Å². The van der Waals surface area contributed by atoms with Crippen LogP contribution in [-0.2, 0) is 11.3 Å². The number of amides is 1. The number of aromatic nitrogens is 3. The smallest absolute Gasteiger partial charge is 0.237 e. The van der Waals surface area contributed by atoms with Gasteiger partial charge in [0, 0.05) is 18.4 Å². The van der Waals surface area contributed by atoms with Crippen LogP contribution in [0.4, 0.5) is 0 Å². The molecule has 1 aromatic carbocycles. The predicted molar refractivity (Wildman–Crippen MR) is 119 cm³/mol. The normalized spacial score (nSPS) is 17.3. The number of hydrogen-bond acceptors (Lipinski definition) is 7. The van der Waals surface area contributed by atoms with Crippen LogP contribution in [0.1, 0.15) is 25.1 Å². The Balaban J connectivity index is 1.78. The van der Waals surface area contributed by atoms with E-state index in [-0.39, 0.29) is 11.9 Å². The first-order chi connectivity index (χ1) is 14.5. The van der Waals surface area contributed by atoms with Crippen LogP contribution in [0, 0.1) is 0 Å². The zero-order valence-corrected chi connectivity index (χ0v) is 19.1. The number of nitrogens with zero attached hydrogens (tertiary/aromatic N) is 5. The molecule has 1 atom stereocenters. The first kappa shape index (κ1) is 22.6. The number of likely N-dealkylation sites (tertiary alicyclic amines) is 1. The number of piperidine rings is 1. The molecule has 8 nitrogen and oxygen atoms in total. The van der Waals surface area contributed by atoms with Gasteiger partial charge in [-0.3, -0.25) is 14.3 Å². The summed E-state index contributed by atoms with van der Waals surface area (Å²) in [5.41, 5.74) is 0.922. The molecule has 1 N–H and O–H groups in total. The minimum atomic E-state index is -0.0686. The number of carbonyl (C=O) groups excluding carboxylic acids is 1. The molecule has 0 unspecified atom stereocenters. The highest BCUT2D eigenvalue weighted by atomic mass is 32.2. The van der Waals surface area contributed by atoms with Crippen LogP contribution in [0.5, 0.6) is 5.75 Å². The molecule has 164 valence electrons. The van der Waals surface area contributed by atoms with Gasteiger partial charge in [-0.2, -0.15) is 0 Å². The van der Waals surface area contributed by atoms with Gasteiger partial charge >= 0.3 is 0 Å². The molecule has 1 aromatic heterocycles. The van der Waals surface area contributed by atoms with Crippen molar-refractivity contribution in [3.63, 3.8) is 0 Å². The van der Waals surface area contributed by atoms with Crippen LogP contribution in [-0.4, -0.2) is 83.6 Å². The number of ether oxygens (including phenoxy) is 1. The van der Waals surface area contributed by atoms with Crippen molar-refractivity contribution in [3.8, 4) is 11.4 Å². The lowest BCUT2D eigenvalue weighted by atomic mass is 10.0. The molecule has 1 aliphatic heterocycles. The van der Waals surface area contributed by atoms with Gasteiger partial charge in [0.1, 0.15) is 5.75 Å². The molecule has 1 aliphatic rings. The maximum atomic E-state index is 12.7. The van der Waals surface area contributed by atoms with E-state index in [2.05, 4.69) is 39.4 Å². The Kier molecular flexibility index (Phi) is 8.12. The molecule has 0 aliphatic carbocycles. The van der Waals surface area contributed by atoms with Crippen molar-refractivity contribution in [2.24, 2.45) is 0 Å². The first-order valence-electron chi connectivity index (χ1n) is 10.3. The SMILES string of the molecule is COc1cccc(-n2c(CNC(=O)[C@@H]3CCCCN3C)nnc2SCCN(C)C)c1. The molecule has 0 radical (unpaired) electrons. The van der Waals surface area contributed by atoms with Crippen LogP contribution < -0.4 is 10.1 Å². The van der Waals surface area contributed by atoms with Crippen molar-refractivity contribution in [2.75, 3.05) is 47.1 Å². The van der Waals surface area contributed by atoms with Crippen molar-refractivity contribution in [3.05, 3.63) is 30.1 Å². The molecule has 30 heavy (non-hydrogen) atoms. The van der Waals surface area contributed by atoms with Gasteiger partial charge in [0.2, 0.25) is 5.91 Å². The molecular formula is C21H32N6O2S. The summed E-state index contributed by atoms with van der Waals surface area (Å²) >= 11 is 1.65. The minimum Gasteiger partial charge on any atom is -0.497 e. The van der Waals surface area contributed by atoms with Crippen LogP contribution in [0.3, 0.4) is 0 Å². The van der Waals surface area contributed by atoms with Gasteiger partial charge in [-0.15, -0.1) is 10.2 Å². The Bertz CT molecular complexity index is 841. The number of thioether (sulfide) groups is 1. The van der Waals surface area contributed by atoms with Gasteiger partial charge < -0.3 is 15.0 Å². The molecule has 0 spiro atoms. The lowest BCUT2D eigenvalue weighted by Gasteiger charge is -2.31. The molecule has 2 aromatic rings. The second-order valence-electron chi connectivity index (χ2n) is 7.80. The third-order valence-electron chi connectivity index (χ3n) is 5.28. The third-order valence-corrected chi connectivity index (χ3v) is 6.18. The third kappa shape index (κ3) is 5.74. The number of methoxy groups -OCH3 is 1. The fourth-order valence-corrected chi connectivity index (χ4v) is 4.60. The topological polar surface area (TPSA) is 75.5 Å². The summed E-state index contributed by atoms with van der Waals surface area (Å²) in [7, 11) is 7.77. The summed E-state index contributed by atoms with van der Waals surface area (Å²) < 4.78 is 7.40. The molecule has 3 rings (SSSR count). The van der Waals surface area contributed by atoms with Crippen LogP contribution >= 0.6 is 11.8 Å². The molecule has 1 amide bonds. The van der Waals surface area contributed by atoms with Gasteiger partial charge in [0.05, 0.1) is 25.4 Å². The van der Waals surface area contributed by atoms with Crippen LogP contribution in [0.15, 0.2) is 29.4 Å². The summed E-state index contributed by atoms with van der Waals surface area (Å²) in [5.74, 6) is 2.43. The Hall–Kier alpha value is -2.10. The highest BCUT2D eigenvalue weighted by Gasteiger charge is 2.26. The van der Waals surface area contributed by atoms with Crippen LogP contribution in [0.2, 0.25) is 0 Å². The Morgan fingerprint density at radius 2 is 2.17 bits per heavy atom. The highest BCUT2D eigenvalue weighted by molar-refractivity contribution is 7.99. The zero-order chi connectivity index (χ0) is 21.5. The van der Waals surface area contributed by atoms with Gasteiger partial charge in [-0.25, -0.2) is 0 Å². The molecule has 0 saturated carbocycles. The van der Waals surface area contributed by atoms with E-state index in [4.69, 9.17) is 4.74 Å². The van der Waals surface area contributed by atoms with E-state index in [9.17, 15) is 4.79 Å². The van der Waals surface area contributed by atoms with E-state index in [1.54, 1.807) is 18.9 Å². The van der Waals surface area contributed by atoms with E-state index >= 15 is 0 Å². The fraction of sp³-hybridized carbons (Fsp3) is 0.571. The molecule has 0 bridgehead atoms. The number of hydrogen-bond donors (Lipinski definition) is 1. The first-order valence-corrected chi connectivity index (χ1v) is 11.3. The van der Waals surface area contributed by atoms with Gasteiger partial charge in [-0.05, 0) is 52.7 Å². The average Bonchev–Trinajstić information content (AvgIpc) is 3.15. The Morgan fingerprint density at radius 1 is 1.33 bits per heavy atom. The fourth-order valence-electron chi connectivity index (χ4n) is 3.53. The zero-order valence-electron chi connectivity index (χ0n) is 18.3. The number of likely N-dealkylation sites (N-methyl/N-ethyl adjacent to an activating group) is 1. The summed E-state index contributed by atoms with van der Waals surface area (Å²) in [6, 6.07) is 7.75.